The van der Waals surface area contributed by atoms with E-state index in [4.69, 9.17) is 15.9 Å². The number of benzene rings is 1. The van der Waals surface area contributed by atoms with E-state index in [1.54, 1.807) is 12.3 Å². The highest BCUT2D eigenvalue weighted by molar-refractivity contribution is 6.13. The Hall–Kier alpha value is -2.25. The molecule has 1 aromatic carbocycles. The lowest BCUT2D eigenvalue weighted by Gasteiger charge is -2.35. The molecule has 2 heterocycles. The molecule has 134 valence electrons. The number of morpholine rings is 1. The van der Waals surface area contributed by atoms with E-state index >= 15 is 0 Å². The third kappa shape index (κ3) is 3.57. The lowest BCUT2D eigenvalue weighted by Crippen LogP contribution is -2.45. The van der Waals surface area contributed by atoms with Gasteiger partial charge in [-0.1, -0.05) is 0 Å². The molecule has 2 aliphatic heterocycles. The summed E-state index contributed by atoms with van der Waals surface area (Å²) < 4.78 is 34.8. The van der Waals surface area contributed by atoms with E-state index in [2.05, 4.69) is 0 Å². The highest BCUT2D eigenvalue weighted by atomic mass is 19.1. The Kier molecular flexibility index (Phi) is 4.87. The van der Waals surface area contributed by atoms with Gasteiger partial charge >= 0.3 is 0 Å². The van der Waals surface area contributed by atoms with Gasteiger partial charge in [-0.2, -0.15) is 0 Å². The van der Waals surface area contributed by atoms with Crippen LogP contribution in [0, 0.1) is 17.0 Å². The number of nitrogens with two attached hydrogens (primary N) is 1. The van der Waals surface area contributed by atoms with Crippen LogP contribution < -0.4 is 10.6 Å². The smallest absolute Gasteiger partial charge is 0.138 e. The lowest BCUT2D eigenvalue weighted by atomic mass is 10.1. The number of rotatable bonds is 3. The fraction of sp³-hybridized carbons (Fsp3) is 0.389. The van der Waals surface area contributed by atoms with Crippen molar-refractivity contribution in [2.75, 3.05) is 18.0 Å². The summed E-state index contributed by atoms with van der Waals surface area (Å²) in [5.74, 6) is -1.15. The van der Waals surface area contributed by atoms with Gasteiger partial charge in [-0.3, -0.25) is 10.3 Å². The fourth-order valence-electron chi connectivity index (χ4n) is 3.31. The van der Waals surface area contributed by atoms with Crippen LogP contribution in [0.25, 0.3) is 0 Å². The number of nitrogens with one attached hydrogen (secondary N) is 1. The van der Waals surface area contributed by atoms with Crippen LogP contribution in [0.2, 0.25) is 0 Å². The molecule has 0 unspecified atom stereocenters. The van der Waals surface area contributed by atoms with Crippen molar-refractivity contribution < 1.29 is 13.5 Å². The van der Waals surface area contributed by atoms with Gasteiger partial charge < -0.3 is 15.4 Å². The Balaban J connectivity index is 1.82. The van der Waals surface area contributed by atoms with Crippen molar-refractivity contribution in [3.63, 3.8) is 0 Å². The topological polar surface area (TPSA) is 65.6 Å². The zero-order valence-electron chi connectivity index (χ0n) is 14.3. The predicted molar refractivity (Wildman–Crippen MR) is 93.3 cm³/mol. The molecule has 3 rings (SSSR count). The van der Waals surface area contributed by atoms with Crippen LogP contribution in [0.4, 0.5) is 14.5 Å². The molecule has 0 spiro atoms. The maximum Gasteiger partial charge on any atom is 0.138 e. The summed E-state index contributed by atoms with van der Waals surface area (Å²) in [5.41, 5.74) is 6.23. The summed E-state index contributed by atoms with van der Waals surface area (Å²) in [5, 5.41) is 7.99. The van der Waals surface area contributed by atoms with E-state index in [-0.39, 0.29) is 35.8 Å². The Labute approximate surface area is 145 Å². The van der Waals surface area contributed by atoms with Crippen molar-refractivity contribution in [1.29, 1.82) is 5.41 Å². The molecule has 2 aliphatic rings. The molecule has 0 saturated carbocycles. The first-order valence-corrected chi connectivity index (χ1v) is 8.23. The van der Waals surface area contributed by atoms with Gasteiger partial charge in [-0.25, -0.2) is 8.78 Å². The van der Waals surface area contributed by atoms with Crippen molar-refractivity contribution in [2.45, 2.75) is 32.6 Å². The molecule has 0 aliphatic carbocycles. The van der Waals surface area contributed by atoms with Crippen molar-refractivity contribution in [3.8, 4) is 0 Å². The van der Waals surface area contributed by atoms with Crippen LogP contribution in [0.3, 0.4) is 0 Å². The molecule has 1 fully saturated rings. The Morgan fingerprint density at radius 1 is 1.24 bits per heavy atom. The molecular formula is C18H22F2N4O. The largest absolute Gasteiger partial charge is 0.404 e. The third-order valence-electron chi connectivity index (χ3n) is 4.38. The van der Waals surface area contributed by atoms with E-state index in [9.17, 15) is 8.78 Å². The zero-order valence-corrected chi connectivity index (χ0v) is 14.3. The van der Waals surface area contributed by atoms with Crippen molar-refractivity contribution in [3.05, 3.63) is 53.4 Å². The second-order valence-corrected chi connectivity index (χ2v) is 6.50. The minimum atomic E-state index is -0.617. The van der Waals surface area contributed by atoms with E-state index in [0.29, 0.717) is 18.7 Å². The number of nitrogens with zero attached hydrogens (tertiary/aromatic N) is 2. The highest BCUT2D eigenvalue weighted by Gasteiger charge is 2.26. The number of hydrogen-bond donors (Lipinski definition) is 2. The second kappa shape index (κ2) is 6.93. The third-order valence-corrected chi connectivity index (χ3v) is 4.38. The molecular weight excluding hydrogens is 326 g/mol. The highest BCUT2D eigenvalue weighted by Crippen LogP contribution is 2.28. The van der Waals surface area contributed by atoms with Gasteiger partial charge in [-0.15, -0.1) is 0 Å². The minimum Gasteiger partial charge on any atom is -0.404 e. The molecule has 7 heteroatoms. The number of amidine groups is 1. The molecule has 5 nitrogen and oxygen atoms in total. The predicted octanol–water partition coefficient (Wildman–Crippen LogP) is 2.73. The van der Waals surface area contributed by atoms with Crippen LogP contribution >= 0.6 is 0 Å². The molecule has 1 aromatic rings. The summed E-state index contributed by atoms with van der Waals surface area (Å²) in [7, 11) is 0. The van der Waals surface area contributed by atoms with Crippen LogP contribution in [-0.2, 0) is 11.3 Å². The number of hydrogen-bond acceptors (Lipinski definition) is 4. The molecule has 0 amide bonds. The minimum absolute atomic E-state index is 0.0332. The number of halogens is 2. The normalized spacial score (nSPS) is 26.0. The van der Waals surface area contributed by atoms with Crippen molar-refractivity contribution in [2.24, 2.45) is 5.73 Å². The quantitative estimate of drug-likeness (QED) is 0.882. The molecule has 3 N–H and O–H groups in total. The maximum absolute atomic E-state index is 14.6. The van der Waals surface area contributed by atoms with Crippen LogP contribution in [0.1, 0.15) is 19.4 Å². The van der Waals surface area contributed by atoms with Crippen LogP contribution in [0.15, 0.2) is 36.2 Å². The van der Waals surface area contributed by atoms with Crippen molar-refractivity contribution in [1.82, 2.24) is 4.90 Å². The van der Waals surface area contributed by atoms with Gasteiger partial charge in [0.15, 0.2) is 0 Å². The standard InChI is InChI=1S/C18H22F2N4O/c1-11-8-23(9-12(2)25-11)10-15-16(19)5-14(6-17(15)20)24-4-3-13(7-21)18(24)22/h3-7,11-12,22H,8-10,21H2,1-2H3/b13-7-,22-18?/t11-,12+. The molecule has 0 radical (unpaired) electrons. The molecule has 0 aromatic heterocycles. The average Bonchev–Trinajstić information content (AvgIpc) is 2.90. The molecule has 25 heavy (non-hydrogen) atoms. The van der Waals surface area contributed by atoms with Gasteiger partial charge in [0.1, 0.15) is 17.5 Å². The Morgan fingerprint density at radius 2 is 1.84 bits per heavy atom. The maximum atomic E-state index is 14.6. The van der Waals surface area contributed by atoms with Crippen molar-refractivity contribution >= 4 is 11.5 Å². The number of ether oxygens (including phenoxy) is 1. The van der Waals surface area contributed by atoms with Gasteiger partial charge in [0, 0.05) is 43.2 Å². The summed E-state index contributed by atoms with van der Waals surface area (Å²) in [6, 6.07) is 2.51. The number of anilines is 1. The Bertz CT molecular complexity index is 714. The second-order valence-electron chi connectivity index (χ2n) is 6.50. The molecule has 2 atom stereocenters. The SMILES string of the molecule is C[C@@H]1CN(Cc2c(F)cc(N3C=C/C(=C/N)C3=N)cc2F)C[C@H](C)O1. The first kappa shape index (κ1) is 17.6. The zero-order chi connectivity index (χ0) is 18.1. The average molecular weight is 348 g/mol. The van der Waals surface area contributed by atoms with Gasteiger partial charge in [-0.05, 0) is 32.1 Å². The first-order valence-electron chi connectivity index (χ1n) is 8.23. The van der Waals surface area contributed by atoms with E-state index in [1.165, 1.54) is 23.2 Å². The van der Waals surface area contributed by atoms with E-state index < -0.39 is 11.6 Å². The summed E-state index contributed by atoms with van der Waals surface area (Å²) in [6.07, 6.45) is 4.56. The molecule has 1 saturated heterocycles. The van der Waals surface area contributed by atoms with Crippen LogP contribution in [-0.4, -0.2) is 36.0 Å². The van der Waals surface area contributed by atoms with Gasteiger partial charge in [0.25, 0.3) is 0 Å². The van der Waals surface area contributed by atoms with E-state index in [0.717, 1.165) is 0 Å². The lowest BCUT2D eigenvalue weighted by molar-refractivity contribution is -0.0709. The summed E-state index contributed by atoms with van der Waals surface area (Å²) in [6.45, 7) is 5.36. The summed E-state index contributed by atoms with van der Waals surface area (Å²) in [4.78, 5) is 3.39. The fourth-order valence-corrected chi connectivity index (χ4v) is 3.31. The molecule has 0 bridgehead atoms. The van der Waals surface area contributed by atoms with Gasteiger partial charge in [0.05, 0.1) is 17.9 Å². The Morgan fingerprint density at radius 3 is 2.36 bits per heavy atom. The van der Waals surface area contributed by atoms with Gasteiger partial charge in [0.2, 0.25) is 0 Å². The first-order chi connectivity index (χ1) is 11.9. The van der Waals surface area contributed by atoms with E-state index in [1.807, 2.05) is 18.7 Å². The monoisotopic (exact) mass is 348 g/mol. The van der Waals surface area contributed by atoms with Crippen LogP contribution in [0.5, 0.6) is 0 Å². The summed E-state index contributed by atoms with van der Waals surface area (Å²) >= 11 is 0.